The van der Waals surface area contributed by atoms with Crippen LogP contribution in [0.15, 0.2) is 0 Å². The Bertz CT molecular complexity index is 161. The van der Waals surface area contributed by atoms with Gasteiger partial charge in [0.05, 0.1) is 0 Å². The molecule has 0 aliphatic heterocycles. The van der Waals surface area contributed by atoms with Gasteiger partial charge in [-0.15, -0.1) is 0 Å². The first-order chi connectivity index (χ1) is 4.83. The molecule has 0 aromatic rings. The molecule has 0 heterocycles. The fourth-order valence-electron chi connectivity index (χ4n) is 0. The van der Waals surface area contributed by atoms with E-state index in [0.717, 1.165) is 0 Å². The van der Waals surface area contributed by atoms with Gasteiger partial charge in [-0.25, -0.2) is 0 Å². The Morgan fingerprint density at radius 2 is 0.846 bits per heavy atom. The zero-order valence-corrected chi connectivity index (χ0v) is 13.8. The summed E-state index contributed by atoms with van der Waals surface area (Å²) >= 11 is -3.50. The predicted octanol–water partition coefficient (Wildman–Crippen LogP) is -5.48. The van der Waals surface area contributed by atoms with Crippen molar-refractivity contribution < 1.29 is 33.4 Å². The Morgan fingerprint density at radius 3 is 0.846 bits per heavy atom. The van der Waals surface area contributed by atoms with E-state index >= 15 is 0 Å². The Labute approximate surface area is 147 Å². The number of hydrogen-bond acceptors (Lipinski definition) is 8. The molecule has 0 spiro atoms. The molecular formula is Al2Ca2O8S. The zero-order valence-electron chi connectivity index (χ0n) is 6.24. The van der Waals surface area contributed by atoms with Crippen LogP contribution in [-0.2, 0) is 18.0 Å². The summed E-state index contributed by atoms with van der Waals surface area (Å²) in [5, 5.41) is 0. The van der Waals surface area contributed by atoms with Crippen LogP contribution in [0.1, 0.15) is 0 Å². The Hall–Kier alpha value is 2.65. The fourth-order valence-corrected chi connectivity index (χ4v) is 0. The standard InChI is InChI=1S/2Al.2Ca.H2O4S.4O/c;;;;1-5(2,3)4;;;;/h;;;;(H2,1,2,3,4);;;;/q;;2*+2;;;;2*-1/p-2. The molecule has 0 aliphatic carbocycles. The molecule has 0 saturated heterocycles. The molecule has 0 aromatic heterocycles. The van der Waals surface area contributed by atoms with Crippen molar-refractivity contribution in [1.82, 2.24) is 0 Å². The second kappa shape index (κ2) is 24.1. The van der Waals surface area contributed by atoms with Crippen LogP contribution in [0.25, 0.3) is 0 Å². The van der Waals surface area contributed by atoms with Crippen LogP contribution < -0.4 is 8.32 Å². The molecule has 0 rings (SSSR count). The van der Waals surface area contributed by atoms with Crippen molar-refractivity contribution in [2.75, 3.05) is 0 Å². The molecule has 0 aliphatic rings. The SMILES string of the molecule is O=S(=O)([O-])[O-].[Ca+2].[Ca+2].[O]=[Al][O-].[O]=[Al][O-]. The quantitative estimate of drug-likeness (QED) is 0.243. The minimum atomic E-state index is -5.17. The molecule has 13 heteroatoms. The molecule has 0 radical (unpaired) electrons. The van der Waals surface area contributed by atoms with Crippen LogP contribution in [0.5, 0.6) is 0 Å². The molecule has 64 valence electrons. The molecule has 0 aromatic carbocycles. The van der Waals surface area contributed by atoms with Gasteiger partial charge in [-0.3, -0.25) is 8.42 Å². The zero-order chi connectivity index (χ0) is 9.91. The van der Waals surface area contributed by atoms with Crippen LogP contribution in [0.3, 0.4) is 0 Å². The van der Waals surface area contributed by atoms with E-state index in [9.17, 15) is 0 Å². The van der Waals surface area contributed by atoms with Crippen molar-refractivity contribution in [2.24, 2.45) is 0 Å². The first-order valence-corrected chi connectivity index (χ1v) is 4.83. The molecule has 0 fully saturated rings. The van der Waals surface area contributed by atoms with Crippen molar-refractivity contribution >= 4 is 117 Å². The van der Waals surface area contributed by atoms with E-state index in [2.05, 4.69) is 0 Å². The van der Waals surface area contributed by atoms with Crippen LogP contribution in [0.4, 0.5) is 0 Å². The second-order valence-electron chi connectivity index (χ2n) is 0.601. The average molecular weight is 294 g/mol. The van der Waals surface area contributed by atoms with E-state index in [4.69, 9.17) is 33.4 Å². The minimum absolute atomic E-state index is 0. The third kappa shape index (κ3) is 333. The van der Waals surface area contributed by atoms with Gasteiger partial charge < -0.3 is 9.11 Å². The van der Waals surface area contributed by atoms with E-state index in [1.165, 1.54) is 0 Å². The van der Waals surface area contributed by atoms with E-state index in [1.807, 2.05) is 0 Å². The molecule has 0 N–H and O–H groups in total. The van der Waals surface area contributed by atoms with E-state index in [-0.39, 0.29) is 75.5 Å². The Kier molecular flexibility index (Phi) is 54.8. The Morgan fingerprint density at radius 1 is 0.846 bits per heavy atom. The van der Waals surface area contributed by atoms with Gasteiger partial charge in [0.15, 0.2) is 0 Å². The molecule has 0 unspecified atom stereocenters. The maximum absolute atomic E-state index is 8.52. The van der Waals surface area contributed by atoms with Gasteiger partial charge in [0.2, 0.25) is 0 Å². The number of hydrogen-bond donors (Lipinski definition) is 0. The normalized spacial score (nSPS) is 5.69. The molecule has 13 heavy (non-hydrogen) atoms. The van der Waals surface area contributed by atoms with Crippen molar-refractivity contribution in [2.45, 2.75) is 0 Å². The van der Waals surface area contributed by atoms with Gasteiger partial charge >= 0.3 is 122 Å². The molecule has 0 saturated carbocycles. The van der Waals surface area contributed by atoms with Gasteiger partial charge in [-0.05, 0) is 0 Å². The summed E-state index contributed by atoms with van der Waals surface area (Å²) in [6.45, 7) is 0. The molecule has 0 atom stereocenters. The van der Waals surface area contributed by atoms with Crippen molar-refractivity contribution in [1.29, 1.82) is 0 Å². The first-order valence-electron chi connectivity index (χ1n) is 1.61. The first kappa shape index (κ1) is 29.6. The fraction of sp³-hybridized carbons (Fsp3) is 0. The summed E-state index contributed by atoms with van der Waals surface area (Å²) < 4.78 is 67.9. The van der Waals surface area contributed by atoms with E-state index < -0.39 is 41.4 Å². The molecule has 0 bridgehead atoms. The molecule has 0 amide bonds. The van der Waals surface area contributed by atoms with Crippen LogP contribution >= 0.6 is 0 Å². The van der Waals surface area contributed by atoms with Gasteiger partial charge in [0.25, 0.3) is 0 Å². The third-order valence-corrected chi connectivity index (χ3v) is 0. The molecular weight excluding hydrogens is 294 g/mol. The van der Waals surface area contributed by atoms with Crippen LogP contribution in [-0.4, -0.2) is 124 Å². The summed E-state index contributed by atoms with van der Waals surface area (Å²) in [4.78, 5) is 0. The summed E-state index contributed by atoms with van der Waals surface area (Å²) in [5.74, 6) is 0. The maximum atomic E-state index is 8.52. The number of rotatable bonds is 0. The second-order valence-corrected chi connectivity index (χ2v) is 1.80. The van der Waals surface area contributed by atoms with Gasteiger partial charge in [0, 0.05) is 10.4 Å². The van der Waals surface area contributed by atoms with Crippen LogP contribution in [0.2, 0.25) is 0 Å². The van der Waals surface area contributed by atoms with Crippen molar-refractivity contribution in [3.8, 4) is 0 Å². The summed E-state index contributed by atoms with van der Waals surface area (Å²) in [6.07, 6.45) is 0. The van der Waals surface area contributed by atoms with Crippen molar-refractivity contribution in [3.63, 3.8) is 0 Å². The topological polar surface area (TPSA) is 161 Å². The van der Waals surface area contributed by atoms with E-state index in [1.54, 1.807) is 0 Å². The monoisotopic (exact) mass is 294 g/mol. The summed E-state index contributed by atoms with van der Waals surface area (Å²) in [7, 11) is -5.17. The predicted molar refractivity (Wildman–Crippen MR) is 34.9 cm³/mol. The third-order valence-electron chi connectivity index (χ3n) is 0. The Balaban J connectivity index is -0.0000000240. The summed E-state index contributed by atoms with van der Waals surface area (Å²) in [5.41, 5.74) is 0. The summed E-state index contributed by atoms with van der Waals surface area (Å²) in [6, 6.07) is 0. The average Bonchev–Trinajstić information content (AvgIpc) is 1.62. The van der Waals surface area contributed by atoms with Gasteiger partial charge in [0.1, 0.15) is 0 Å². The van der Waals surface area contributed by atoms with Gasteiger partial charge in [-0.1, -0.05) is 0 Å². The van der Waals surface area contributed by atoms with Gasteiger partial charge in [-0.2, -0.15) is 0 Å². The van der Waals surface area contributed by atoms with Crippen LogP contribution in [0, 0.1) is 0 Å². The van der Waals surface area contributed by atoms with Crippen molar-refractivity contribution in [3.05, 3.63) is 0 Å². The van der Waals surface area contributed by atoms with E-state index in [0.29, 0.717) is 0 Å². The molecule has 8 nitrogen and oxygen atoms in total.